The van der Waals surface area contributed by atoms with Crippen LogP contribution in [-0.4, -0.2) is 67.6 Å². The summed E-state index contributed by atoms with van der Waals surface area (Å²) in [5, 5.41) is 3.09. The minimum Gasteiger partial charge on any atom is -0.354 e. The number of hydrogen-bond acceptors (Lipinski definition) is 4. The number of nitrogens with two attached hydrogens (primary N) is 1. The van der Waals surface area contributed by atoms with Crippen LogP contribution in [0.4, 0.5) is 0 Å². The standard InChI is InChI=1S/C16H32N4O/c1-14(13-20-10-8-19(2)9-11-20)12-18-15(21)16(17)6-4-3-5-7-16/h14H,3-13,17H2,1-2H3,(H,18,21). The van der Waals surface area contributed by atoms with Gasteiger partial charge >= 0.3 is 0 Å². The van der Waals surface area contributed by atoms with Gasteiger partial charge in [0.1, 0.15) is 0 Å². The molecule has 1 saturated carbocycles. The molecule has 0 aromatic carbocycles. The molecule has 1 saturated heterocycles. The number of hydrogen-bond donors (Lipinski definition) is 2. The number of rotatable bonds is 5. The van der Waals surface area contributed by atoms with Crippen LogP contribution in [0.1, 0.15) is 39.0 Å². The molecule has 122 valence electrons. The summed E-state index contributed by atoms with van der Waals surface area (Å²) in [6.45, 7) is 8.57. The smallest absolute Gasteiger partial charge is 0.240 e. The van der Waals surface area contributed by atoms with Crippen LogP contribution in [0.2, 0.25) is 0 Å². The third kappa shape index (κ3) is 4.94. The molecule has 2 fully saturated rings. The number of nitrogens with one attached hydrogen (secondary N) is 1. The highest BCUT2D eigenvalue weighted by Gasteiger charge is 2.35. The molecule has 1 heterocycles. The average molecular weight is 296 g/mol. The van der Waals surface area contributed by atoms with Crippen molar-refractivity contribution in [3.63, 3.8) is 0 Å². The number of piperazine rings is 1. The normalized spacial score (nSPS) is 25.5. The quantitative estimate of drug-likeness (QED) is 0.782. The molecule has 5 heteroatoms. The summed E-state index contributed by atoms with van der Waals surface area (Å²) >= 11 is 0. The van der Waals surface area contributed by atoms with E-state index in [-0.39, 0.29) is 5.91 Å². The highest BCUT2D eigenvalue weighted by Crippen LogP contribution is 2.25. The Bertz CT molecular complexity index is 333. The minimum absolute atomic E-state index is 0.0624. The molecular formula is C16H32N4O. The number of nitrogens with zero attached hydrogens (tertiary/aromatic N) is 2. The van der Waals surface area contributed by atoms with Crippen molar-refractivity contribution in [3.8, 4) is 0 Å². The highest BCUT2D eigenvalue weighted by molar-refractivity contribution is 5.86. The van der Waals surface area contributed by atoms with E-state index in [1.54, 1.807) is 0 Å². The summed E-state index contributed by atoms with van der Waals surface area (Å²) in [5.41, 5.74) is 5.66. The van der Waals surface area contributed by atoms with Crippen molar-refractivity contribution < 1.29 is 4.79 Å². The largest absolute Gasteiger partial charge is 0.354 e. The zero-order valence-electron chi connectivity index (χ0n) is 13.7. The predicted octanol–water partition coefficient (Wildman–Crippen LogP) is 0.648. The SMILES string of the molecule is CC(CNC(=O)C1(N)CCCCC1)CN1CCN(C)CC1. The summed E-state index contributed by atoms with van der Waals surface area (Å²) < 4.78 is 0. The Kier molecular flexibility index (Phi) is 6.02. The molecule has 0 bridgehead atoms. The summed E-state index contributed by atoms with van der Waals surface area (Å²) in [6.07, 6.45) is 5.06. The van der Waals surface area contributed by atoms with Crippen LogP contribution in [0.25, 0.3) is 0 Å². The molecule has 3 N–H and O–H groups in total. The number of likely N-dealkylation sites (N-methyl/N-ethyl adjacent to an activating group) is 1. The van der Waals surface area contributed by atoms with Crippen molar-refractivity contribution in [2.45, 2.75) is 44.6 Å². The van der Waals surface area contributed by atoms with E-state index in [4.69, 9.17) is 5.73 Å². The molecule has 2 rings (SSSR count). The van der Waals surface area contributed by atoms with Gasteiger partial charge in [-0.2, -0.15) is 0 Å². The fourth-order valence-corrected chi connectivity index (χ4v) is 3.39. The Morgan fingerprint density at radius 1 is 1.19 bits per heavy atom. The van der Waals surface area contributed by atoms with Crippen LogP contribution >= 0.6 is 0 Å². The second-order valence-corrected chi connectivity index (χ2v) is 7.14. The summed E-state index contributed by atoms with van der Waals surface area (Å²) in [6, 6.07) is 0. The van der Waals surface area contributed by atoms with Crippen LogP contribution in [0.15, 0.2) is 0 Å². The maximum Gasteiger partial charge on any atom is 0.240 e. The van der Waals surface area contributed by atoms with E-state index in [9.17, 15) is 4.79 Å². The third-order valence-electron chi connectivity index (χ3n) is 4.97. The number of carbonyl (C=O) groups is 1. The first kappa shape index (κ1) is 16.7. The van der Waals surface area contributed by atoms with Gasteiger partial charge in [0.2, 0.25) is 5.91 Å². The van der Waals surface area contributed by atoms with Gasteiger partial charge in [0.15, 0.2) is 0 Å². The fraction of sp³-hybridized carbons (Fsp3) is 0.938. The van der Waals surface area contributed by atoms with Crippen molar-refractivity contribution in [1.82, 2.24) is 15.1 Å². The van der Waals surface area contributed by atoms with Gasteiger partial charge in [-0.15, -0.1) is 0 Å². The minimum atomic E-state index is -0.605. The van der Waals surface area contributed by atoms with E-state index in [1.807, 2.05) is 0 Å². The second kappa shape index (κ2) is 7.56. The number of amides is 1. The van der Waals surface area contributed by atoms with Crippen LogP contribution in [0.5, 0.6) is 0 Å². The monoisotopic (exact) mass is 296 g/mol. The molecule has 0 aromatic rings. The summed E-state index contributed by atoms with van der Waals surface area (Å²) in [5.74, 6) is 0.539. The summed E-state index contributed by atoms with van der Waals surface area (Å²) in [4.78, 5) is 17.2. The molecule has 1 aliphatic carbocycles. The van der Waals surface area contributed by atoms with Crippen LogP contribution in [-0.2, 0) is 4.79 Å². The van der Waals surface area contributed by atoms with Crippen molar-refractivity contribution >= 4 is 5.91 Å². The van der Waals surface area contributed by atoms with Gasteiger partial charge in [0.05, 0.1) is 5.54 Å². The van der Waals surface area contributed by atoms with Gasteiger partial charge in [0.25, 0.3) is 0 Å². The highest BCUT2D eigenvalue weighted by atomic mass is 16.2. The molecule has 0 aromatic heterocycles. The molecule has 0 spiro atoms. The molecule has 1 aliphatic heterocycles. The van der Waals surface area contributed by atoms with Crippen molar-refractivity contribution in [2.75, 3.05) is 46.3 Å². The maximum atomic E-state index is 12.3. The lowest BCUT2D eigenvalue weighted by atomic mass is 9.82. The Balaban J connectivity index is 1.68. The van der Waals surface area contributed by atoms with Crippen LogP contribution in [0, 0.1) is 5.92 Å². The van der Waals surface area contributed by atoms with E-state index < -0.39 is 5.54 Å². The lowest BCUT2D eigenvalue weighted by Crippen LogP contribution is -2.56. The van der Waals surface area contributed by atoms with Crippen molar-refractivity contribution in [3.05, 3.63) is 0 Å². The molecule has 2 aliphatic rings. The van der Waals surface area contributed by atoms with Gasteiger partial charge in [-0.05, 0) is 25.8 Å². The first-order valence-corrected chi connectivity index (χ1v) is 8.48. The second-order valence-electron chi connectivity index (χ2n) is 7.14. The molecule has 1 unspecified atom stereocenters. The van der Waals surface area contributed by atoms with Gasteiger partial charge in [-0.25, -0.2) is 0 Å². The molecule has 0 radical (unpaired) electrons. The van der Waals surface area contributed by atoms with Gasteiger partial charge in [-0.3, -0.25) is 4.79 Å². The summed E-state index contributed by atoms with van der Waals surface area (Å²) in [7, 11) is 2.17. The Morgan fingerprint density at radius 2 is 1.81 bits per heavy atom. The van der Waals surface area contributed by atoms with E-state index in [0.717, 1.165) is 65.0 Å². The van der Waals surface area contributed by atoms with Crippen molar-refractivity contribution in [1.29, 1.82) is 0 Å². The third-order valence-corrected chi connectivity index (χ3v) is 4.97. The molecule has 1 atom stereocenters. The lowest BCUT2D eigenvalue weighted by molar-refractivity contribution is -0.127. The maximum absolute atomic E-state index is 12.3. The van der Waals surface area contributed by atoms with Gasteiger partial charge in [-0.1, -0.05) is 26.2 Å². The van der Waals surface area contributed by atoms with E-state index >= 15 is 0 Å². The van der Waals surface area contributed by atoms with E-state index in [1.165, 1.54) is 6.42 Å². The van der Waals surface area contributed by atoms with Crippen LogP contribution < -0.4 is 11.1 Å². The predicted molar refractivity (Wildman–Crippen MR) is 86.1 cm³/mol. The zero-order valence-corrected chi connectivity index (χ0v) is 13.7. The molecule has 5 nitrogen and oxygen atoms in total. The van der Waals surface area contributed by atoms with Crippen molar-refractivity contribution in [2.24, 2.45) is 11.7 Å². The molecule has 1 amide bonds. The first-order valence-electron chi connectivity index (χ1n) is 8.48. The topological polar surface area (TPSA) is 61.6 Å². The molecular weight excluding hydrogens is 264 g/mol. The Morgan fingerprint density at radius 3 is 2.43 bits per heavy atom. The molecule has 21 heavy (non-hydrogen) atoms. The fourth-order valence-electron chi connectivity index (χ4n) is 3.39. The van der Waals surface area contributed by atoms with E-state index in [0.29, 0.717) is 5.92 Å². The van der Waals surface area contributed by atoms with E-state index in [2.05, 4.69) is 29.1 Å². The van der Waals surface area contributed by atoms with Gasteiger partial charge in [0, 0.05) is 39.3 Å². The Hall–Kier alpha value is -0.650. The lowest BCUT2D eigenvalue weighted by Gasteiger charge is -2.35. The zero-order chi connectivity index (χ0) is 15.3. The Labute approximate surface area is 129 Å². The first-order chi connectivity index (χ1) is 9.99. The number of carbonyl (C=O) groups excluding carboxylic acids is 1. The van der Waals surface area contributed by atoms with Gasteiger partial charge < -0.3 is 20.9 Å². The van der Waals surface area contributed by atoms with Crippen LogP contribution in [0.3, 0.4) is 0 Å². The average Bonchev–Trinajstić information content (AvgIpc) is 2.48.